The predicted molar refractivity (Wildman–Crippen MR) is 139 cm³/mol. The maximum Gasteiger partial charge on any atom is 0.270 e. The molecule has 0 radical (unpaired) electrons. The lowest BCUT2D eigenvalue weighted by Crippen LogP contribution is -2.54. The van der Waals surface area contributed by atoms with Crippen LogP contribution in [0, 0.1) is 6.92 Å². The van der Waals surface area contributed by atoms with Gasteiger partial charge in [-0.05, 0) is 92.4 Å². The second-order valence-corrected chi connectivity index (χ2v) is 10.4. The van der Waals surface area contributed by atoms with Crippen molar-refractivity contribution in [3.05, 3.63) is 62.6 Å². The van der Waals surface area contributed by atoms with Crippen LogP contribution in [0.3, 0.4) is 0 Å². The summed E-state index contributed by atoms with van der Waals surface area (Å²) in [6.45, 7) is 8.66. The summed E-state index contributed by atoms with van der Waals surface area (Å²) in [6.07, 6.45) is 2.64. The van der Waals surface area contributed by atoms with Gasteiger partial charge in [0.05, 0.1) is 15.7 Å². The summed E-state index contributed by atoms with van der Waals surface area (Å²) in [5.41, 5.74) is 4.51. The average molecular weight is 502 g/mol. The van der Waals surface area contributed by atoms with Crippen LogP contribution in [-0.2, 0) is 9.59 Å². The zero-order valence-electron chi connectivity index (χ0n) is 19.1. The van der Waals surface area contributed by atoms with Gasteiger partial charge >= 0.3 is 0 Å². The van der Waals surface area contributed by atoms with Crippen molar-refractivity contribution in [1.29, 1.82) is 0 Å². The molecule has 1 saturated heterocycles. The molecule has 2 amide bonds. The Morgan fingerprint density at radius 2 is 1.88 bits per heavy atom. The molecule has 172 valence electrons. The first-order valence-corrected chi connectivity index (χ1v) is 11.8. The monoisotopic (exact) mass is 501 g/mol. The van der Waals surface area contributed by atoms with Gasteiger partial charge in [0.1, 0.15) is 5.57 Å². The Bertz CT molecular complexity index is 1240. The van der Waals surface area contributed by atoms with Crippen molar-refractivity contribution in [2.75, 3.05) is 16.8 Å². The van der Waals surface area contributed by atoms with E-state index in [1.54, 1.807) is 24.3 Å². The first-order valence-electron chi connectivity index (χ1n) is 10.7. The number of fused-ring (bicyclic) bond motifs is 1. The molecule has 2 heterocycles. The molecule has 0 saturated carbocycles. The molecule has 8 heteroatoms. The highest BCUT2D eigenvalue weighted by Crippen LogP contribution is 2.44. The number of benzene rings is 2. The zero-order valence-corrected chi connectivity index (χ0v) is 21.5. The molecule has 0 bridgehead atoms. The summed E-state index contributed by atoms with van der Waals surface area (Å²) in [5, 5.41) is 3.05. The second kappa shape index (κ2) is 8.42. The van der Waals surface area contributed by atoms with Crippen molar-refractivity contribution < 1.29 is 9.59 Å². The molecule has 4 rings (SSSR count). The van der Waals surface area contributed by atoms with Crippen LogP contribution < -0.4 is 15.1 Å². The van der Waals surface area contributed by atoms with Gasteiger partial charge in [0.15, 0.2) is 5.11 Å². The van der Waals surface area contributed by atoms with Crippen molar-refractivity contribution >= 4 is 69.8 Å². The number of amides is 2. The smallest absolute Gasteiger partial charge is 0.270 e. The summed E-state index contributed by atoms with van der Waals surface area (Å²) in [4.78, 5) is 29.7. The molecule has 2 aromatic carbocycles. The largest absolute Gasteiger partial charge is 0.369 e. The van der Waals surface area contributed by atoms with Crippen LogP contribution >= 0.6 is 35.4 Å². The normalized spacial score (nSPS) is 21.4. The molecule has 5 nitrogen and oxygen atoms in total. The van der Waals surface area contributed by atoms with E-state index in [0.29, 0.717) is 16.6 Å². The van der Waals surface area contributed by atoms with Gasteiger partial charge in [-0.2, -0.15) is 0 Å². The molecule has 2 aliphatic rings. The van der Waals surface area contributed by atoms with Crippen LogP contribution in [0.4, 0.5) is 11.4 Å². The minimum absolute atomic E-state index is 0.0140. The van der Waals surface area contributed by atoms with E-state index in [2.05, 4.69) is 50.2 Å². The van der Waals surface area contributed by atoms with Gasteiger partial charge in [-0.1, -0.05) is 36.2 Å². The van der Waals surface area contributed by atoms with Crippen molar-refractivity contribution in [1.82, 2.24) is 5.32 Å². The van der Waals surface area contributed by atoms with E-state index in [0.717, 1.165) is 17.5 Å². The summed E-state index contributed by atoms with van der Waals surface area (Å²) in [6, 6.07) is 9.14. The van der Waals surface area contributed by atoms with E-state index in [4.69, 9.17) is 35.4 Å². The van der Waals surface area contributed by atoms with Crippen molar-refractivity contribution in [2.45, 2.75) is 45.6 Å². The fourth-order valence-corrected chi connectivity index (χ4v) is 5.24. The minimum atomic E-state index is -0.545. The average Bonchev–Trinajstić information content (AvgIpc) is 2.72. The van der Waals surface area contributed by atoms with Crippen LogP contribution in [0.5, 0.6) is 0 Å². The molecule has 2 aliphatic heterocycles. The summed E-state index contributed by atoms with van der Waals surface area (Å²) >= 11 is 17.8. The van der Waals surface area contributed by atoms with Crippen LogP contribution in [0.1, 0.15) is 49.8 Å². The zero-order chi connectivity index (χ0) is 24.2. The van der Waals surface area contributed by atoms with E-state index in [1.807, 2.05) is 6.92 Å². The van der Waals surface area contributed by atoms with E-state index in [-0.39, 0.29) is 21.2 Å². The SMILES string of the molecule is Cc1cc2c(cc1/C=C1/C(=O)NC(=S)N(c3cccc(Cl)c3Cl)C1=O)C(C)CC(C)(C)N2C. The Morgan fingerprint density at radius 3 is 2.58 bits per heavy atom. The van der Waals surface area contributed by atoms with Crippen LogP contribution in [0.15, 0.2) is 35.9 Å². The maximum absolute atomic E-state index is 13.4. The quantitative estimate of drug-likeness (QED) is 0.318. The summed E-state index contributed by atoms with van der Waals surface area (Å²) in [7, 11) is 2.11. The molecule has 1 atom stereocenters. The molecule has 0 aromatic heterocycles. The van der Waals surface area contributed by atoms with E-state index in [1.165, 1.54) is 16.2 Å². The number of nitrogens with zero attached hydrogens (tertiary/aromatic N) is 2. The van der Waals surface area contributed by atoms with Gasteiger partial charge in [-0.3, -0.25) is 19.8 Å². The summed E-state index contributed by atoms with van der Waals surface area (Å²) in [5.74, 6) is -0.742. The van der Waals surface area contributed by atoms with E-state index >= 15 is 0 Å². The van der Waals surface area contributed by atoms with Crippen LogP contribution in [-0.4, -0.2) is 29.5 Å². The lowest BCUT2D eigenvalue weighted by molar-refractivity contribution is -0.122. The Morgan fingerprint density at radius 1 is 1.18 bits per heavy atom. The Labute approximate surface area is 209 Å². The number of carbonyl (C=O) groups excluding carboxylic acids is 2. The minimum Gasteiger partial charge on any atom is -0.369 e. The topological polar surface area (TPSA) is 52.7 Å². The third kappa shape index (κ3) is 4.05. The molecule has 2 aromatic rings. The molecule has 0 spiro atoms. The molecular formula is C25H25Cl2N3O2S. The van der Waals surface area contributed by atoms with E-state index in [9.17, 15) is 9.59 Å². The first-order chi connectivity index (χ1) is 15.4. The molecule has 1 fully saturated rings. The number of anilines is 2. The molecular weight excluding hydrogens is 477 g/mol. The third-order valence-corrected chi connectivity index (χ3v) is 7.69. The van der Waals surface area contributed by atoms with Crippen LogP contribution in [0.25, 0.3) is 6.08 Å². The molecule has 1 unspecified atom stereocenters. The highest BCUT2D eigenvalue weighted by molar-refractivity contribution is 7.80. The molecule has 33 heavy (non-hydrogen) atoms. The van der Waals surface area contributed by atoms with E-state index < -0.39 is 11.8 Å². The van der Waals surface area contributed by atoms with Gasteiger partial charge < -0.3 is 4.90 Å². The van der Waals surface area contributed by atoms with Gasteiger partial charge in [0, 0.05) is 18.3 Å². The first kappa shape index (κ1) is 23.7. The number of nitrogens with one attached hydrogen (secondary N) is 1. The number of aryl methyl sites for hydroxylation is 1. The predicted octanol–water partition coefficient (Wildman–Crippen LogP) is 5.86. The summed E-state index contributed by atoms with van der Waals surface area (Å²) < 4.78 is 0. The molecule has 1 N–H and O–H groups in total. The lowest BCUT2D eigenvalue weighted by atomic mass is 9.79. The Balaban J connectivity index is 1.79. The third-order valence-electron chi connectivity index (χ3n) is 6.59. The van der Waals surface area contributed by atoms with Gasteiger partial charge in [-0.15, -0.1) is 0 Å². The van der Waals surface area contributed by atoms with Crippen molar-refractivity contribution in [3.63, 3.8) is 0 Å². The second-order valence-electron chi connectivity index (χ2n) is 9.28. The van der Waals surface area contributed by atoms with Gasteiger partial charge in [-0.25, -0.2) is 0 Å². The van der Waals surface area contributed by atoms with Gasteiger partial charge in [0.25, 0.3) is 11.8 Å². The van der Waals surface area contributed by atoms with Gasteiger partial charge in [0.2, 0.25) is 0 Å². The van der Waals surface area contributed by atoms with Crippen LogP contribution in [0.2, 0.25) is 10.0 Å². The Kier molecular flexibility index (Phi) is 6.06. The standard InChI is InChI=1S/C25H25Cl2N3O2S/c1-13-9-20-16(14(2)12-25(3,4)29(20)5)10-15(13)11-17-22(31)28-24(33)30(23(17)32)19-8-6-7-18(26)21(19)27/h6-11,14H,12H2,1-5H3,(H,28,31,33)/b17-11-. The highest BCUT2D eigenvalue weighted by atomic mass is 35.5. The number of hydrogen-bond donors (Lipinski definition) is 1. The number of thiocarbonyl (C=S) groups is 1. The number of carbonyl (C=O) groups is 2. The van der Waals surface area contributed by atoms with Crippen molar-refractivity contribution in [2.24, 2.45) is 0 Å². The number of hydrogen-bond acceptors (Lipinski definition) is 4. The highest BCUT2D eigenvalue weighted by Gasteiger charge is 2.37. The number of halogens is 2. The fourth-order valence-electron chi connectivity index (χ4n) is 4.59. The Hall–Kier alpha value is -2.41. The fraction of sp³-hybridized carbons (Fsp3) is 0.320. The lowest BCUT2D eigenvalue weighted by Gasteiger charge is -2.45. The maximum atomic E-state index is 13.4. The number of rotatable bonds is 2. The van der Waals surface area contributed by atoms with Crippen molar-refractivity contribution in [3.8, 4) is 0 Å². The molecule has 0 aliphatic carbocycles.